The lowest BCUT2D eigenvalue weighted by Crippen LogP contribution is -2.48. The molecule has 0 radical (unpaired) electrons. The van der Waals surface area contributed by atoms with E-state index in [0.717, 1.165) is 28.9 Å². The first-order valence-electron chi connectivity index (χ1n) is 10.7. The summed E-state index contributed by atoms with van der Waals surface area (Å²) in [5.41, 5.74) is 1.79. The fourth-order valence-electron chi connectivity index (χ4n) is 4.61. The molecule has 2 fully saturated rings. The zero-order chi connectivity index (χ0) is 19.6. The molecule has 0 amide bonds. The van der Waals surface area contributed by atoms with Gasteiger partial charge in [0, 0.05) is 30.7 Å². The summed E-state index contributed by atoms with van der Waals surface area (Å²) >= 11 is 0. The van der Waals surface area contributed by atoms with E-state index < -0.39 is 0 Å². The van der Waals surface area contributed by atoms with Gasteiger partial charge >= 0.3 is 0 Å². The lowest BCUT2D eigenvalue weighted by atomic mass is 9.98. The van der Waals surface area contributed by atoms with Gasteiger partial charge < -0.3 is 15.1 Å². The van der Waals surface area contributed by atoms with Gasteiger partial charge in [0.2, 0.25) is 0 Å². The number of hydrogen-bond donors (Lipinski definition) is 1. The number of nitrogens with zero attached hydrogens (tertiary/aromatic N) is 6. The molecule has 7 heteroatoms. The van der Waals surface area contributed by atoms with Crippen molar-refractivity contribution >= 4 is 11.5 Å². The van der Waals surface area contributed by atoms with Crippen LogP contribution in [0.2, 0.25) is 0 Å². The second-order valence-corrected chi connectivity index (χ2v) is 8.37. The number of aromatic nitrogens is 4. The first-order valence-corrected chi connectivity index (χ1v) is 10.7. The van der Waals surface area contributed by atoms with Crippen LogP contribution in [0.1, 0.15) is 25.7 Å². The summed E-state index contributed by atoms with van der Waals surface area (Å²) in [6.45, 7) is 4.82. The molecule has 2 aliphatic rings. The third-order valence-electron chi connectivity index (χ3n) is 6.38. The maximum absolute atomic E-state index is 4.78. The fraction of sp³-hybridized carbons (Fsp3) is 0.500. The van der Waals surface area contributed by atoms with E-state index in [-0.39, 0.29) is 0 Å². The van der Waals surface area contributed by atoms with Crippen LogP contribution in [0, 0.1) is 0 Å². The van der Waals surface area contributed by atoms with Crippen LogP contribution >= 0.6 is 0 Å². The highest BCUT2D eigenvalue weighted by Gasteiger charge is 2.27. The number of likely N-dealkylation sites (tertiary alicyclic amines) is 2. The number of piperidine rings is 2. The van der Waals surface area contributed by atoms with Crippen LogP contribution in [0.15, 0.2) is 42.5 Å². The predicted octanol–water partition coefficient (Wildman–Crippen LogP) is 2.76. The van der Waals surface area contributed by atoms with Crippen molar-refractivity contribution in [2.24, 2.45) is 0 Å². The molecule has 2 aromatic heterocycles. The minimum atomic E-state index is 0.471. The Morgan fingerprint density at radius 2 is 1.62 bits per heavy atom. The second kappa shape index (κ2) is 8.08. The highest BCUT2D eigenvalue weighted by atomic mass is 15.4. The molecule has 2 aliphatic heterocycles. The molecule has 1 aromatic carbocycles. The standard InChI is InChI=1S/C22H29N7/c1-27-13-11-19(12-14-27)28-15-9-18(10-16-28)23-20-7-8-21-24-25-22(29(21)26-20)17-5-3-2-4-6-17/h2-8,18-19H,9-16H2,1H3,(H,23,26). The van der Waals surface area contributed by atoms with Gasteiger partial charge in [0.25, 0.3) is 0 Å². The lowest BCUT2D eigenvalue weighted by molar-refractivity contribution is 0.0993. The van der Waals surface area contributed by atoms with E-state index in [1.54, 1.807) is 0 Å². The molecule has 5 rings (SSSR count). The molecule has 0 unspecified atom stereocenters. The van der Waals surface area contributed by atoms with Gasteiger partial charge in [0.15, 0.2) is 11.5 Å². The Morgan fingerprint density at radius 1 is 0.862 bits per heavy atom. The van der Waals surface area contributed by atoms with Crippen molar-refractivity contribution in [3.8, 4) is 11.4 Å². The summed E-state index contributed by atoms with van der Waals surface area (Å²) in [5.74, 6) is 1.67. The molecular formula is C22H29N7. The molecule has 0 spiro atoms. The molecule has 0 aliphatic carbocycles. The Bertz CT molecular complexity index is 938. The largest absolute Gasteiger partial charge is 0.366 e. The van der Waals surface area contributed by atoms with Crippen LogP contribution in [0.4, 0.5) is 5.82 Å². The maximum atomic E-state index is 4.78. The van der Waals surface area contributed by atoms with Gasteiger partial charge in [-0.25, -0.2) is 0 Å². The molecule has 0 saturated carbocycles. The normalized spacial score (nSPS) is 20.3. The number of anilines is 1. The molecule has 152 valence electrons. The summed E-state index contributed by atoms with van der Waals surface area (Å²) in [5, 5.41) is 17.0. The Kier molecular flexibility index (Phi) is 5.16. The van der Waals surface area contributed by atoms with Crippen molar-refractivity contribution in [2.45, 2.75) is 37.8 Å². The van der Waals surface area contributed by atoms with E-state index in [0.29, 0.717) is 6.04 Å². The molecule has 29 heavy (non-hydrogen) atoms. The van der Waals surface area contributed by atoms with Gasteiger partial charge in [-0.05, 0) is 58.0 Å². The number of rotatable bonds is 4. The Morgan fingerprint density at radius 3 is 2.38 bits per heavy atom. The number of benzene rings is 1. The van der Waals surface area contributed by atoms with Gasteiger partial charge in [-0.3, -0.25) is 0 Å². The first-order chi connectivity index (χ1) is 14.3. The first kappa shape index (κ1) is 18.5. The van der Waals surface area contributed by atoms with Crippen molar-refractivity contribution in [1.82, 2.24) is 29.6 Å². The average molecular weight is 392 g/mol. The van der Waals surface area contributed by atoms with Crippen molar-refractivity contribution in [3.63, 3.8) is 0 Å². The summed E-state index contributed by atoms with van der Waals surface area (Å²) in [6, 6.07) is 15.3. The number of hydrogen-bond acceptors (Lipinski definition) is 6. The molecular weight excluding hydrogens is 362 g/mol. The highest BCUT2D eigenvalue weighted by Crippen LogP contribution is 2.23. The Hall–Kier alpha value is -2.51. The van der Waals surface area contributed by atoms with Gasteiger partial charge in [-0.15, -0.1) is 15.3 Å². The molecule has 2 saturated heterocycles. The third-order valence-corrected chi connectivity index (χ3v) is 6.38. The van der Waals surface area contributed by atoms with E-state index in [1.165, 1.54) is 51.9 Å². The smallest absolute Gasteiger partial charge is 0.185 e. The van der Waals surface area contributed by atoms with Crippen LogP contribution in [0.3, 0.4) is 0 Å². The molecule has 1 N–H and O–H groups in total. The van der Waals surface area contributed by atoms with Gasteiger partial charge in [0.1, 0.15) is 5.82 Å². The minimum absolute atomic E-state index is 0.471. The van der Waals surface area contributed by atoms with Crippen molar-refractivity contribution in [2.75, 3.05) is 38.5 Å². The average Bonchev–Trinajstić information content (AvgIpc) is 3.19. The van der Waals surface area contributed by atoms with Gasteiger partial charge in [0.05, 0.1) is 0 Å². The minimum Gasteiger partial charge on any atom is -0.366 e. The van der Waals surface area contributed by atoms with E-state index in [2.05, 4.69) is 32.4 Å². The number of fused-ring (bicyclic) bond motifs is 1. The highest BCUT2D eigenvalue weighted by molar-refractivity contribution is 5.59. The van der Waals surface area contributed by atoms with Crippen LogP contribution < -0.4 is 5.32 Å². The number of nitrogens with one attached hydrogen (secondary N) is 1. The SMILES string of the molecule is CN1CCC(N2CCC(Nc3ccc4nnc(-c5ccccc5)n4n3)CC2)CC1. The van der Waals surface area contributed by atoms with E-state index in [9.17, 15) is 0 Å². The predicted molar refractivity (Wildman–Crippen MR) is 115 cm³/mol. The molecule has 0 bridgehead atoms. The van der Waals surface area contributed by atoms with Gasteiger partial charge in [-0.1, -0.05) is 30.3 Å². The molecule has 7 nitrogen and oxygen atoms in total. The topological polar surface area (TPSA) is 61.6 Å². The van der Waals surface area contributed by atoms with Crippen LogP contribution in [-0.4, -0.2) is 74.9 Å². The molecule has 3 aromatic rings. The summed E-state index contributed by atoms with van der Waals surface area (Å²) in [4.78, 5) is 5.15. The van der Waals surface area contributed by atoms with Crippen LogP contribution in [0.25, 0.3) is 17.0 Å². The Balaban J connectivity index is 1.24. The summed E-state index contributed by atoms with van der Waals surface area (Å²) in [7, 11) is 2.23. The van der Waals surface area contributed by atoms with Crippen molar-refractivity contribution in [3.05, 3.63) is 42.5 Å². The quantitative estimate of drug-likeness (QED) is 0.738. The third kappa shape index (κ3) is 3.97. The van der Waals surface area contributed by atoms with Crippen molar-refractivity contribution < 1.29 is 0 Å². The fourth-order valence-corrected chi connectivity index (χ4v) is 4.61. The summed E-state index contributed by atoms with van der Waals surface area (Å²) in [6.07, 6.45) is 4.95. The maximum Gasteiger partial charge on any atom is 0.185 e. The zero-order valence-electron chi connectivity index (χ0n) is 17.0. The molecule has 0 atom stereocenters. The zero-order valence-corrected chi connectivity index (χ0v) is 17.0. The van der Waals surface area contributed by atoms with Gasteiger partial charge in [-0.2, -0.15) is 4.52 Å². The second-order valence-electron chi connectivity index (χ2n) is 8.37. The Labute approximate surface area is 171 Å². The monoisotopic (exact) mass is 391 g/mol. The van der Waals surface area contributed by atoms with E-state index in [4.69, 9.17) is 5.10 Å². The van der Waals surface area contributed by atoms with E-state index in [1.807, 2.05) is 47.0 Å². The lowest BCUT2D eigenvalue weighted by Gasteiger charge is -2.41. The summed E-state index contributed by atoms with van der Waals surface area (Å²) < 4.78 is 1.84. The molecule has 4 heterocycles. The van der Waals surface area contributed by atoms with Crippen molar-refractivity contribution in [1.29, 1.82) is 0 Å². The van der Waals surface area contributed by atoms with Crippen LogP contribution in [-0.2, 0) is 0 Å². The van der Waals surface area contributed by atoms with Crippen LogP contribution in [0.5, 0.6) is 0 Å². The van der Waals surface area contributed by atoms with E-state index >= 15 is 0 Å².